The number of aromatic nitrogens is 1. The van der Waals surface area contributed by atoms with Gasteiger partial charge in [0.15, 0.2) is 0 Å². The molecule has 0 aliphatic carbocycles. The Bertz CT molecular complexity index is 402. The van der Waals surface area contributed by atoms with Crippen LogP contribution in [0.3, 0.4) is 0 Å². The maximum Gasteiger partial charge on any atom is 0.338 e. The molecule has 0 N–H and O–H groups in total. The number of hydrogen-bond acceptors (Lipinski definition) is 5. The van der Waals surface area contributed by atoms with Crippen LogP contribution in [0.25, 0.3) is 0 Å². The van der Waals surface area contributed by atoms with Crippen LogP contribution in [0.2, 0.25) is 0 Å². The van der Waals surface area contributed by atoms with E-state index in [1.54, 1.807) is 18.3 Å². The monoisotopic (exact) mass is 251 g/mol. The first-order valence-electron chi connectivity index (χ1n) is 6.04. The fourth-order valence-electron chi connectivity index (χ4n) is 1.85. The summed E-state index contributed by atoms with van der Waals surface area (Å²) in [5, 5.41) is 0. The lowest BCUT2D eigenvalue weighted by atomic mass is 10.0. The van der Waals surface area contributed by atoms with Crippen LogP contribution in [0.15, 0.2) is 18.3 Å². The van der Waals surface area contributed by atoms with Crippen LogP contribution in [-0.2, 0) is 9.47 Å². The van der Waals surface area contributed by atoms with Crippen molar-refractivity contribution in [3.63, 3.8) is 0 Å². The van der Waals surface area contributed by atoms with Crippen molar-refractivity contribution in [1.29, 1.82) is 0 Å². The minimum absolute atomic E-state index is 0.381. The lowest BCUT2D eigenvalue weighted by Crippen LogP contribution is -2.21. The predicted octanol–water partition coefficient (Wildman–Crippen LogP) is 1.67. The van der Waals surface area contributed by atoms with E-state index in [4.69, 9.17) is 9.47 Å². The van der Waals surface area contributed by atoms with Crippen molar-refractivity contribution in [3.05, 3.63) is 23.9 Å². The minimum Gasteiger partial charge on any atom is -0.477 e. The molecule has 5 nitrogen and oxygen atoms in total. The van der Waals surface area contributed by atoms with E-state index in [1.807, 2.05) is 0 Å². The molecule has 2 heterocycles. The van der Waals surface area contributed by atoms with Gasteiger partial charge in [0, 0.05) is 25.5 Å². The van der Waals surface area contributed by atoms with Crippen molar-refractivity contribution in [2.75, 3.05) is 26.9 Å². The van der Waals surface area contributed by atoms with Crippen LogP contribution >= 0.6 is 0 Å². The third-order valence-electron chi connectivity index (χ3n) is 2.96. The van der Waals surface area contributed by atoms with Gasteiger partial charge in [0.2, 0.25) is 5.88 Å². The van der Waals surface area contributed by atoms with Gasteiger partial charge in [-0.25, -0.2) is 9.78 Å². The number of methoxy groups -OCH3 is 1. The van der Waals surface area contributed by atoms with E-state index in [2.05, 4.69) is 9.72 Å². The fourth-order valence-corrected chi connectivity index (χ4v) is 1.85. The molecule has 0 saturated carbocycles. The zero-order chi connectivity index (χ0) is 12.8. The number of carbonyl (C=O) groups is 1. The Labute approximate surface area is 106 Å². The van der Waals surface area contributed by atoms with Gasteiger partial charge in [-0.1, -0.05) is 0 Å². The zero-order valence-electron chi connectivity index (χ0n) is 10.4. The predicted molar refractivity (Wildman–Crippen MR) is 64.6 cm³/mol. The molecular weight excluding hydrogens is 234 g/mol. The average molecular weight is 251 g/mol. The van der Waals surface area contributed by atoms with Crippen molar-refractivity contribution in [2.45, 2.75) is 12.8 Å². The van der Waals surface area contributed by atoms with Crippen molar-refractivity contribution in [1.82, 2.24) is 4.98 Å². The molecule has 0 radical (unpaired) electrons. The normalized spacial score (nSPS) is 16.3. The lowest BCUT2D eigenvalue weighted by molar-refractivity contribution is 0.0489. The van der Waals surface area contributed by atoms with Crippen molar-refractivity contribution >= 4 is 5.97 Å². The van der Waals surface area contributed by atoms with Crippen LogP contribution < -0.4 is 4.74 Å². The number of nitrogens with zero attached hydrogens (tertiary/aromatic N) is 1. The topological polar surface area (TPSA) is 57.7 Å². The molecule has 2 rings (SSSR count). The summed E-state index contributed by atoms with van der Waals surface area (Å²) in [6.07, 6.45) is 3.57. The number of pyridine rings is 1. The zero-order valence-corrected chi connectivity index (χ0v) is 10.4. The third kappa shape index (κ3) is 3.43. The highest BCUT2D eigenvalue weighted by Gasteiger charge is 2.15. The Balaban J connectivity index is 1.90. The summed E-state index contributed by atoms with van der Waals surface area (Å²) < 4.78 is 15.5. The van der Waals surface area contributed by atoms with E-state index >= 15 is 0 Å². The smallest absolute Gasteiger partial charge is 0.338 e. The highest BCUT2D eigenvalue weighted by molar-refractivity contribution is 5.89. The molecule has 1 aliphatic rings. The van der Waals surface area contributed by atoms with Crippen molar-refractivity contribution in [2.24, 2.45) is 5.92 Å². The average Bonchev–Trinajstić information content (AvgIpc) is 2.45. The molecule has 1 aliphatic heterocycles. The van der Waals surface area contributed by atoms with Gasteiger partial charge >= 0.3 is 5.97 Å². The minimum atomic E-state index is -0.381. The summed E-state index contributed by atoms with van der Waals surface area (Å²) in [5.41, 5.74) is 0.453. The number of rotatable bonds is 4. The molecule has 0 bridgehead atoms. The van der Waals surface area contributed by atoms with E-state index in [1.165, 1.54) is 7.11 Å². The summed E-state index contributed by atoms with van der Waals surface area (Å²) in [4.78, 5) is 15.4. The highest BCUT2D eigenvalue weighted by atomic mass is 16.5. The Morgan fingerprint density at radius 3 is 3.00 bits per heavy atom. The molecule has 0 amide bonds. The van der Waals surface area contributed by atoms with Crippen molar-refractivity contribution in [3.8, 4) is 5.88 Å². The second kappa shape index (κ2) is 6.35. The molecule has 0 atom stereocenters. The molecule has 0 spiro atoms. The lowest BCUT2D eigenvalue weighted by Gasteiger charge is -2.21. The van der Waals surface area contributed by atoms with Crippen LogP contribution in [-0.4, -0.2) is 37.9 Å². The van der Waals surface area contributed by atoms with E-state index < -0.39 is 0 Å². The van der Waals surface area contributed by atoms with Crippen LogP contribution in [0.1, 0.15) is 23.2 Å². The molecule has 0 aromatic carbocycles. The third-order valence-corrected chi connectivity index (χ3v) is 2.96. The largest absolute Gasteiger partial charge is 0.477 e. The highest BCUT2D eigenvalue weighted by Crippen LogP contribution is 2.17. The summed E-state index contributed by atoms with van der Waals surface area (Å²) in [7, 11) is 1.35. The summed E-state index contributed by atoms with van der Waals surface area (Å²) in [6, 6.07) is 3.21. The van der Waals surface area contributed by atoms with Crippen LogP contribution in [0, 0.1) is 5.92 Å². The van der Waals surface area contributed by atoms with Gasteiger partial charge in [0.25, 0.3) is 0 Å². The van der Waals surface area contributed by atoms with E-state index in [-0.39, 0.29) is 5.97 Å². The summed E-state index contributed by atoms with van der Waals surface area (Å²) >= 11 is 0. The van der Waals surface area contributed by atoms with Gasteiger partial charge in [0.05, 0.1) is 19.3 Å². The molecule has 1 fully saturated rings. The molecule has 18 heavy (non-hydrogen) atoms. The standard InChI is InChI=1S/C13H17NO4/c1-16-13(15)11-2-5-14-12(8-11)18-9-10-3-6-17-7-4-10/h2,5,8,10H,3-4,6-7,9H2,1H3. The second-order valence-electron chi connectivity index (χ2n) is 4.24. The first-order chi connectivity index (χ1) is 8.79. The van der Waals surface area contributed by atoms with Crippen LogP contribution in [0.4, 0.5) is 0 Å². The molecule has 1 saturated heterocycles. The van der Waals surface area contributed by atoms with Gasteiger partial charge in [-0.3, -0.25) is 0 Å². The number of ether oxygens (including phenoxy) is 3. The molecule has 98 valence electrons. The number of esters is 1. The molecule has 0 unspecified atom stereocenters. The summed E-state index contributed by atoms with van der Waals surface area (Å²) in [5.74, 6) is 0.583. The van der Waals surface area contributed by atoms with Gasteiger partial charge < -0.3 is 14.2 Å². The molecule has 1 aromatic heterocycles. The SMILES string of the molecule is COC(=O)c1ccnc(OCC2CCOCC2)c1. The molecule has 5 heteroatoms. The van der Waals surface area contributed by atoms with E-state index in [0.29, 0.717) is 24.0 Å². The quantitative estimate of drug-likeness (QED) is 0.762. The summed E-state index contributed by atoms with van der Waals surface area (Å²) in [6.45, 7) is 2.20. The molecular formula is C13H17NO4. The second-order valence-corrected chi connectivity index (χ2v) is 4.24. The van der Waals surface area contributed by atoms with Gasteiger partial charge in [-0.05, 0) is 24.8 Å². The van der Waals surface area contributed by atoms with E-state index in [9.17, 15) is 4.79 Å². The van der Waals surface area contributed by atoms with Crippen molar-refractivity contribution < 1.29 is 19.0 Å². The fraction of sp³-hybridized carbons (Fsp3) is 0.538. The van der Waals surface area contributed by atoms with Gasteiger partial charge in [-0.2, -0.15) is 0 Å². The Kier molecular flexibility index (Phi) is 4.52. The maximum absolute atomic E-state index is 11.3. The van der Waals surface area contributed by atoms with Gasteiger partial charge in [0.1, 0.15) is 0 Å². The number of carbonyl (C=O) groups excluding carboxylic acids is 1. The van der Waals surface area contributed by atoms with E-state index in [0.717, 1.165) is 26.1 Å². The Hall–Kier alpha value is -1.62. The maximum atomic E-state index is 11.3. The first kappa shape index (κ1) is 12.8. The Morgan fingerprint density at radius 1 is 1.50 bits per heavy atom. The van der Waals surface area contributed by atoms with Gasteiger partial charge in [-0.15, -0.1) is 0 Å². The first-order valence-corrected chi connectivity index (χ1v) is 6.04. The molecule has 1 aromatic rings. The van der Waals surface area contributed by atoms with Crippen LogP contribution in [0.5, 0.6) is 5.88 Å². The number of hydrogen-bond donors (Lipinski definition) is 0. The Morgan fingerprint density at radius 2 is 2.28 bits per heavy atom.